The topological polar surface area (TPSA) is 64.6 Å². The Hall–Kier alpha value is -3.29. The van der Waals surface area contributed by atoms with Crippen LogP contribution in [0.4, 0.5) is 18.9 Å². The van der Waals surface area contributed by atoms with Gasteiger partial charge in [-0.2, -0.15) is 8.78 Å². The Kier molecular flexibility index (Phi) is 6.99. The molecule has 0 aromatic heterocycles. The fourth-order valence-electron chi connectivity index (χ4n) is 2.02. The summed E-state index contributed by atoms with van der Waals surface area (Å²) in [5.74, 6) is -1.89. The van der Waals surface area contributed by atoms with Crippen LogP contribution in [-0.4, -0.2) is 25.1 Å². The summed E-state index contributed by atoms with van der Waals surface area (Å²) in [6.07, 6.45) is 2.48. The SMILES string of the molecule is Cc1ccc(F)cc1NC(=O)COC(=O)/C=C/c1ccc(OC(F)F)cc1. The van der Waals surface area contributed by atoms with Gasteiger partial charge in [0.1, 0.15) is 11.6 Å². The second-order valence-corrected chi connectivity index (χ2v) is 5.40. The van der Waals surface area contributed by atoms with Crippen molar-refractivity contribution < 1.29 is 32.2 Å². The van der Waals surface area contributed by atoms with Crippen LogP contribution < -0.4 is 10.1 Å². The fourth-order valence-corrected chi connectivity index (χ4v) is 2.02. The van der Waals surface area contributed by atoms with Gasteiger partial charge in [0.2, 0.25) is 0 Å². The first-order chi connectivity index (χ1) is 12.8. The normalized spacial score (nSPS) is 10.9. The molecule has 1 amide bonds. The molecule has 2 rings (SSSR count). The lowest BCUT2D eigenvalue weighted by Crippen LogP contribution is -2.20. The van der Waals surface area contributed by atoms with Gasteiger partial charge in [-0.25, -0.2) is 9.18 Å². The first kappa shape index (κ1) is 20.0. The Labute approximate surface area is 153 Å². The first-order valence-corrected chi connectivity index (χ1v) is 7.79. The zero-order valence-electron chi connectivity index (χ0n) is 14.2. The van der Waals surface area contributed by atoms with Crippen molar-refractivity contribution in [2.24, 2.45) is 0 Å². The molecule has 0 aliphatic rings. The van der Waals surface area contributed by atoms with Gasteiger partial charge >= 0.3 is 12.6 Å². The van der Waals surface area contributed by atoms with Crippen LogP contribution in [0.1, 0.15) is 11.1 Å². The second-order valence-electron chi connectivity index (χ2n) is 5.40. The van der Waals surface area contributed by atoms with Crippen LogP contribution in [0.5, 0.6) is 5.75 Å². The number of nitrogens with one attached hydrogen (secondary N) is 1. The maximum absolute atomic E-state index is 13.2. The summed E-state index contributed by atoms with van der Waals surface area (Å²) in [5.41, 5.74) is 1.50. The van der Waals surface area contributed by atoms with E-state index in [0.29, 0.717) is 11.1 Å². The predicted molar refractivity (Wildman–Crippen MR) is 92.8 cm³/mol. The number of aryl methyl sites for hydroxylation is 1. The Morgan fingerprint density at radius 2 is 1.85 bits per heavy atom. The average Bonchev–Trinajstić information content (AvgIpc) is 2.62. The van der Waals surface area contributed by atoms with Gasteiger partial charge in [-0.05, 0) is 48.4 Å². The standard InChI is InChI=1S/C19H16F3NO4/c1-12-2-6-14(20)10-16(12)23-17(24)11-26-18(25)9-5-13-3-7-15(8-4-13)27-19(21)22/h2-10,19H,11H2,1H3,(H,23,24)/b9-5+. The van der Waals surface area contributed by atoms with E-state index in [1.54, 1.807) is 6.92 Å². The van der Waals surface area contributed by atoms with E-state index < -0.39 is 30.9 Å². The molecule has 2 aromatic carbocycles. The minimum Gasteiger partial charge on any atom is -0.452 e. The number of carbonyl (C=O) groups excluding carboxylic acids is 2. The molecular formula is C19H16F3NO4. The van der Waals surface area contributed by atoms with Crippen LogP contribution >= 0.6 is 0 Å². The molecular weight excluding hydrogens is 363 g/mol. The summed E-state index contributed by atoms with van der Waals surface area (Å²) in [4.78, 5) is 23.4. The number of hydrogen-bond acceptors (Lipinski definition) is 4. The lowest BCUT2D eigenvalue weighted by molar-refractivity contribution is -0.142. The fraction of sp³-hybridized carbons (Fsp3) is 0.158. The molecule has 0 bridgehead atoms. The van der Waals surface area contributed by atoms with E-state index in [0.717, 1.165) is 12.1 Å². The summed E-state index contributed by atoms with van der Waals surface area (Å²) >= 11 is 0. The van der Waals surface area contributed by atoms with E-state index >= 15 is 0 Å². The van der Waals surface area contributed by atoms with Crippen LogP contribution in [0, 0.1) is 12.7 Å². The summed E-state index contributed by atoms with van der Waals surface area (Å²) < 4.78 is 46.3. The van der Waals surface area contributed by atoms with Crippen LogP contribution in [-0.2, 0) is 14.3 Å². The molecule has 0 unspecified atom stereocenters. The number of hydrogen-bond donors (Lipinski definition) is 1. The van der Waals surface area contributed by atoms with Gasteiger partial charge in [0.25, 0.3) is 5.91 Å². The molecule has 27 heavy (non-hydrogen) atoms. The molecule has 0 aliphatic heterocycles. The number of rotatable bonds is 7. The van der Waals surface area contributed by atoms with E-state index in [1.807, 2.05) is 0 Å². The summed E-state index contributed by atoms with van der Waals surface area (Å²) in [7, 11) is 0. The number of carbonyl (C=O) groups is 2. The number of halogens is 3. The molecule has 0 saturated carbocycles. The third-order valence-electron chi connectivity index (χ3n) is 3.34. The number of anilines is 1. The Morgan fingerprint density at radius 1 is 1.15 bits per heavy atom. The van der Waals surface area contributed by atoms with Gasteiger partial charge < -0.3 is 14.8 Å². The highest BCUT2D eigenvalue weighted by Gasteiger charge is 2.08. The van der Waals surface area contributed by atoms with Gasteiger partial charge in [0.15, 0.2) is 6.61 Å². The lowest BCUT2D eigenvalue weighted by Gasteiger charge is -2.08. The maximum Gasteiger partial charge on any atom is 0.387 e. The largest absolute Gasteiger partial charge is 0.452 e. The first-order valence-electron chi connectivity index (χ1n) is 7.79. The van der Waals surface area contributed by atoms with Crippen LogP contribution in [0.25, 0.3) is 6.08 Å². The molecule has 142 valence electrons. The van der Waals surface area contributed by atoms with Crippen LogP contribution in [0.2, 0.25) is 0 Å². The molecule has 8 heteroatoms. The second kappa shape index (κ2) is 9.42. The molecule has 2 aromatic rings. The van der Waals surface area contributed by atoms with Gasteiger partial charge in [-0.15, -0.1) is 0 Å². The van der Waals surface area contributed by atoms with Crippen molar-refractivity contribution in [2.45, 2.75) is 13.5 Å². The van der Waals surface area contributed by atoms with Crippen LogP contribution in [0.15, 0.2) is 48.5 Å². The summed E-state index contributed by atoms with van der Waals surface area (Å²) in [6.45, 7) is -1.76. The van der Waals surface area contributed by atoms with E-state index in [9.17, 15) is 22.8 Å². The van der Waals surface area contributed by atoms with Gasteiger partial charge in [-0.3, -0.25) is 4.79 Å². The molecule has 0 saturated heterocycles. The highest BCUT2D eigenvalue weighted by atomic mass is 19.3. The zero-order valence-corrected chi connectivity index (χ0v) is 14.2. The molecule has 0 atom stereocenters. The smallest absolute Gasteiger partial charge is 0.387 e. The molecule has 0 radical (unpaired) electrons. The van der Waals surface area contributed by atoms with Crippen molar-refractivity contribution in [1.82, 2.24) is 0 Å². The Morgan fingerprint density at radius 3 is 2.52 bits per heavy atom. The summed E-state index contributed by atoms with van der Waals surface area (Å²) in [6, 6.07) is 9.54. The van der Waals surface area contributed by atoms with E-state index in [4.69, 9.17) is 4.74 Å². The molecule has 0 fully saturated rings. The van der Waals surface area contributed by atoms with Crippen molar-refractivity contribution in [1.29, 1.82) is 0 Å². The predicted octanol–water partition coefficient (Wildman–Crippen LogP) is 3.93. The highest BCUT2D eigenvalue weighted by molar-refractivity contribution is 5.95. The zero-order chi connectivity index (χ0) is 19.8. The molecule has 0 heterocycles. The van der Waals surface area contributed by atoms with Gasteiger partial charge in [0.05, 0.1) is 0 Å². The number of alkyl halides is 2. The van der Waals surface area contributed by atoms with Crippen molar-refractivity contribution in [3.63, 3.8) is 0 Å². The lowest BCUT2D eigenvalue weighted by atomic mass is 10.2. The third-order valence-corrected chi connectivity index (χ3v) is 3.34. The Bertz CT molecular complexity index is 835. The van der Waals surface area contributed by atoms with E-state index in [1.165, 1.54) is 42.5 Å². The van der Waals surface area contributed by atoms with Crippen LogP contribution in [0.3, 0.4) is 0 Å². The number of esters is 1. The van der Waals surface area contributed by atoms with E-state index in [-0.39, 0.29) is 11.4 Å². The number of ether oxygens (including phenoxy) is 2. The van der Waals surface area contributed by atoms with Crippen molar-refractivity contribution in [2.75, 3.05) is 11.9 Å². The third kappa shape index (κ3) is 6.85. The van der Waals surface area contributed by atoms with E-state index in [2.05, 4.69) is 10.1 Å². The van der Waals surface area contributed by atoms with Crippen molar-refractivity contribution >= 4 is 23.6 Å². The van der Waals surface area contributed by atoms with Gasteiger partial charge in [-0.1, -0.05) is 18.2 Å². The minimum atomic E-state index is -2.91. The average molecular weight is 379 g/mol. The molecule has 0 aliphatic carbocycles. The highest BCUT2D eigenvalue weighted by Crippen LogP contribution is 2.16. The quantitative estimate of drug-likeness (QED) is 0.585. The van der Waals surface area contributed by atoms with Crippen molar-refractivity contribution in [3.8, 4) is 5.75 Å². The minimum absolute atomic E-state index is 0.00552. The number of benzene rings is 2. The Balaban J connectivity index is 1.82. The monoisotopic (exact) mass is 379 g/mol. The molecule has 5 nitrogen and oxygen atoms in total. The maximum atomic E-state index is 13.2. The molecule has 1 N–H and O–H groups in total. The van der Waals surface area contributed by atoms with Crippen molar-refractivity contribution in [3.05, 3.63) is 65.5 Å². The van der Waals surface area contributed by atoms with Gasteiger partial charge in [0, 0.05) is 11.8 Å². The number of amides is 1. The molecule has 0 spiro atoms. The summed E-state index contributed by atoms with van der Waals surface area (Å²) in [5, 5.41) is 2.45.